The molecule has 0 aliphatic rings. The van der Waals surface area contributed by atoms with E-state index in [0.29, 0.717) is 16.9 Å². The number of nitriles is 1. The van der Waals surface area contributed by atoms with Crippen molar-refractivity contribution in [2.75, 3.05) is 0 Å². The predicted octanol–water partition coefficient (Wildman–Crippen LogP) is 2.82. The van der Waals surface area contributed by atoms with Crippen LogP contribution in [0.1, 0.15) is 17.2 Å². The zero-order valence-corrected chi connectivity index (χ0v) is 11.2. The average Bonchev–Trinajstić information content (AvgIpc) is 2.46. The maximum atomic E-state index is 11.5. The lowest BCUT2D eigenvalue weighted by Crippen LogP contribution is -2.26. The number of rotatable bonds is 4. The van der Waals surface area contributed by atoms with Crippen LogP contribution in [-0.4, -0.2) is 5.91 Å². The third kappa shape index (κ3) is 3.08. The number of carbonyl (C=O) groups is 1. The van der Waals surface area contributed by atoms with Gasteiger partial charge < -0.3 is 10.5 Å². The highest BCUT2D eigenvalue weighted by molar-refractivity contribution is 6.32. The topological polar surface area (TPSA) is 76.1 Å². The molecule has 0 spiro atoms. The van der Waals surface area contributed by atoms with Crippen LogP contribution in [0.5, 0.6) is 5.75 Å². The fourth-order valence-electron chi connectivity index (χ4n) is 1.71. The zero-order valence-electron chi connectivity index (χ0n) is 10.4. The predicted molar refractivity (Wildman–Crippen MR) is 75.2 cm³/mol. The Kier molecular flexibility index (Phi) is 4.24. The van der Waals surface area contributed by atoms with E-state index in [1.807, 2.05) is 12.1 Å². The molecule has 0 unspecified atom stereocenters. The van der Waals surface area contributed by atoms with Crippen LogP contribution in [0.25, 0.3) is 0 Å². The molecule has 0 aliphatic heterocycles. The van der Waals surface area contributed by atoms with Gasteiger partial charge in [-0.25, -0.2) is 0 Å². The molecular formula is C15H11ClN2O2. The van der Waals surface area contributed by atoms with Crippen molar-refractivity contribution in [2.45, 2.75) is 6.10 Å². The molecule has 1 amide bonds. The lowest BCUT2D eigenvalue weighted by Gasteiger charge is -2.17. The first-order valence-corrected chi connectivity index (χ1v) is 6.20. The minimum Gasteiger partial charge on any atom is -0.474 e. The molecule has 2 N–H and O–H groups in total. The average molecular weight is 287 g/mol. The van der Waals surface area contributed by atoms with E-state index in [1.54, 1.807) is 36.4 Å². The van der Waals surface area contributed by atoms with Gasteiger partial charge in [0, 0.05) is 5.56 Å². The quantitative estimate of drug-likeness (QED) is 0.939. The number of ether oxygens (including phenoxy) is 1. The maximum absolute atomic E-state index is 11.5. The summed E-state index contributed by atoms with van der Waals surface area (Å²) < 4.78 is 5.58. The summed E-state index contributed by atoms with van der Waals surface area (Å²) in [5.74, 6) is -0.310. The summed E-state index contributed by atoms with van der Waals surface area (Å²) in [5, 5.41) is 9.03. The van der Waals surface area contributed by atoms with Gasteiger partial charge in [-0.3, -0.25) is 4.79 Å². The molecular weight excluding hydrogens is 276 g/mol. The number of halogens is 1. The number of amides is 1. The molecule has 1 atom stereocenters. The van der Waals surface area contributed by atoms with Gasteiger partial charge in [0.1, 0.15) is 5.75 Å². The van der Waals surface area contributed by atoms with E-state index in [9.17, 15) is 4.79 Å². The van der Waals surface area contributed by atoms with E-state index in [4.69, 9.17) is 27.3 Å². The Bertz CT molecular complexity index is 665. The normalized spacial score (nSPS) is 11.4. The van der Waals surface area contributed by atoms with Gasteiger partial charge in [0.15, 0.2) is 0 Å². The highest BCUT2D eigenvalue weighted by Crippen LogP contribution is 2.29. The summed E-state index contributed by atoms with van der Waals surface area (Å²) in [4.78, 5) is 11.5. The molecule has 4 nitrogen and oxygen atoms in total. The molecule has 0 aromatic heterocycles. The Hall–Kier alpha value is -2.51. The first-order chi connectivity index (χ1) is 9.61. The van der Waals surface area contributed by atoms with Crippen LogP contribution in [0.2, 0.25) is 5.02 Å². The SMILES string of the molecule is N#Cc1ccc(O[C@H](C(N)=O)c2ccccc2)c(Cl)c1. The van der Waals surface area contributed by atoms with Crippen LogP contribution >= 0.6 is 11.6 Å². The molecule has 0 aliphatic carbocycles. The molecule has 0 saturated heterocycles. The van der Waals surface area contributed by atoms with Crippen molar-refractivity contribution in [1.82, 2.24) is 0 Å². The second kappa shape index (κ2) is 6.09. The third-order valence-corrected chi connectivity index (χ3v) is 2.96. The minimum absolute atomic E-state index is 0.256. The van der Waals surface area contributed by atoms with Crippen LogP contribution in [0.3, 0.4) is 0 Å². The van der Waals surface area contributed by atoms with Crippen molar-refractivity contribution in [1.29, 1.82) is 5.26 Å². The minimum atomic E-state index is -0.929. The maximum Gasteiger partial charge on any atom is 0.263 e. The van der Waals surface area contributed by atoms with E-state index in [0.717, 1.165) is 0 Å². The molecule has 5 heteroatoms. The van der Waals surface area contributed by atoms with Gasteiger partial charge in [-0.1, -0.05) is 41.9 Å². The molecule has 2 aromatic rings. The Balaban J connectivity index is 2.30. The molecule has 0 bridgehead atoms. The molecule has 2 aromatic carbocycles. The summed E-state index contributed by atoms with van der Waals surface area (Å²) in [6, 6.07) is 15.4. The van der Waals surface area contributed by atoms with Crippen molar-refractivity contribution in [2.24, 2.45) is 5.73 Å². The second-order valence-corrected chi connectivity index (χ2v) is 4.48. The Labute approximate surface area is 121 Å². The Morgan fingerprint density at radius 1 is 1.25 bits per heavy atom. The lowest BCUT2D eigenvalue weighted by molar-refractivity contribution is -0.125. The summed E-state index contributed by atoms with van der Waals surface area (Å²) in [5.41, 5.74) is 6.42. The van der Waals surface area contributed by atoms with Crippen molar-refractivity contribution < 1.29 is 9.53 Å². The zero-order chi connectivity index (χ0) is 14.5. The summed E-state index contributed by atoms with van der Waals surface area (Å²) >= 11 is 6.02. The van der Waals surface area contributed by atoms with Crippen LogP contribution in [0.15, 0.2) is 48.5 Å². The van der Waals surface area contributed by atoms with Crippen molar-refractivity contribution >= 4 is 17.5 Å². The summed E-state index contributed by atoms with van der Waals surface area (Å²) in [6.45, 7) is 0. The molecule has 100 valence electrons. The van der Waals surface area contributed by atoms with Crippen molar-refractivity contribution in [3.8, 4) is 11.8 Å². The lowest BCUT2D eigenvalue weighted by atomic mass is 10.1. The number of primary amides is 1. The molecule has 0 fully saturated rings. The first kappa shape index (κ1) is 13.9. The number of nitrogens with zero attached hydrogens (tertiary/aromatic N) is 1. The van der Waals surface area contributed by atoms with Crippen LogP contribution in [0.4, 0.5) is 0 Å². The van der Waals surface area contributed by atoms with Crippen LogP contribution in [0, 0.1) is 11.3 Å². The van der Waals surface area contributed by atoms with E-state index in [-0.39, 0.29) is 5.02 Å². The second-order valence-electron chi connectivity index (χ2n) is 4.07. The fraction of sp³-hybridized carbons (Fsp3) is 0.0667. The van der Waals surface area contributed by atoms with Gasteiger partial charge >= 0.3 is 0 Å². The largest absolute Gasteiger partial charge is 0.474 e. The van der Waals surface area contributed by atoms with E-state index < -0.39 is 12.0 Å². The highest BCUT2D eigenvalue weighted by atomic mass is 35.5. The van der Waals surface area contributed by atoms with E-state index in [2.05, 4.69) is 0 Å². The number of hydrogen-bond donors (Lipinski definition) is 1. The van der Waals surface area contributed by atoms with Gasteiger partial charge in [0.25, 0.3) is 5.91 Å². The Morgan fingerprint density at radius 3 is 2.50 bits per heavy atom. The molecule has 20 heavy (non-hydrogen) atoms. The van der Waals surface area contributed by atoms with Crippen LogP contribution in [-0.2, 0) is 4.79 Å². The summed E-state index contributed by atoms with van der Waals surface area (Å²) in [6.07, 6.45) is -0.929. The third-order valence-electron chi connectivity index (χ3n) is 2.67. The van der Waals surface area contributed by atoms with Crippen molar-refractivity contribution in [3.63, 3.8) is 0 Å². The number of nitrogens with two attached hydrogens (primary N) is 1. The number of carbonyl (C=O) groups excluding carboxylic acids is 1. The van der Waals surface area contributed by atoms with Crippen molar-refractivity contribution in [3.05, 3.63) is 64.7 Å². The van der Waals surface area contributed by atoms with Crippen LogP contribution < -0.4 is 10.5 Å². The molecule has 0 saturated carbocycles. The van der Waals surface area contributed by atoms with Gasteiger partial charge in [0.05, 0.1) is 16.7 Å². The van der Waals surface area contributed by atoms with Gasteiger partial charge in [0.2, 0.25) is 6.10 Å². The molecule has 0 heterocycles. The molecule has 2 rings (SSSR count). The fourth-order valence-corrected chi connectivity index (χ4v) is 1.94. The standard InChI is InChI=1S/C15H11ClN2O2/c16-12-8-10(9-17)6-7-13(12)20-14(15(18)19)11-4-2-1-3-5-11/h1-8,14H,(H2,18,19)/t14-/m0/s1. The van der Waals surface area contributed by atoms with E-state index >= 15 is 0 Å². The number of benzene rings is 2. The van der Waals surface area contributed by atoms with Gasteiger partial charge in [-0.15, -0.1) is 0 Å². The number of hydrogen-bond acceptors (Lipinski definition) is 3. The molecule has 0 radical (unpaired) electrons. The highest BCUT2D eigenvalue weighted by Gasteiger charge is 2.20. The monoisotopic (exact) mass is 286 g/mol. The van der Waals surface area contributed by atoms with Gasteiger partial charge in [-0.2, -0.15) is 5.26 Å². The smallest absolute Gasteiger partial charge is 0.263 e. The van der Waals surface area contributed by atoms with E-state index in [1.165, 1.54) is 6.07 Å². The first-order valence-electron chi connectivity index (χ1n) is 5.82. The Morgan fingerprint density at radius 2 is 1.95 bits per heavy atom. The van der Waals surface area contributed by atoms with Gasteiger partial charge in [-0.05, 0) is 18.2 Å². The summed E-state index contributed by atoms with van der Waals surface area (Å²) in [7, 11) is 0.